The molecule has 0 aliphatic carbocycles. The van der Waals surface area contributed by atoms with Gasteiger partial charge < -0.3 is 5.11 Å². The number of hydrogen-bond donors (Lipinski definition) is 1. The summed E-state index contributed by atoms with van der Waals surface area (Å²) in [6, 6.07) is 0. The number of hydrogen-bond acceptors (Lipinski definition) is 3. The smallest absolute Gasteiger partial charge is 0.281 e. The number of aliphatic hydroxyl groups excluding tert-OH is 1. The fourth-order valence-electron chi connectivity index (χ4n) is 2.74. The van der Waals surface area contributed by atoms with Crippen molar-refractivity contribution in [3.63, 3.8) is 0 Å². The summed E-state index contributed by atoms with van der Waals surface area (Å²) in [6.07, 6.45) is 2.24. The maximum absolute atomic E-state index is 12.4. The van der Waals surface area contributed by atoms with Gasteiger partial charge in [-0.25, -0.2) is 0 Å². The van der Waals surface area contributed by atoms with Crippen molar-refractivity contribution in [2.24, 2.45) is 11.8 Å². The molecule has 0 radical (unpaired) electrons. The first-order valence-corrected chi connectivity index (χ1v) is 8.24. The van der Waals surface area contributed by atoms with E-state index in [-0.39, 0.29) is 5.92 Å². The van der Waals surface area contributed by atoms with Gasteiger partial charge in [0.15, 0.2) is 0 Å². The van der Waals surface area contributed by atoms with Crippen LogP contribution in [0, 0.1) is 11.8 Å². The summed E-state index contributed by atoms with van der Waals surface area (Å²) in [5.74, 6) is 0.712. The van der Waals surface area contributed by atoms with Gasteiger partial charge >= 0.3 is 0 Å². The Morgan fingerprint density at radius 2 is 1.67 bits per heavy atom. The van der Waals surface area contributed by atoms with Gasteiger partial charge in [0, 0.05) is 26.2 Å². The molecule has 0 aromatic heterocycles. The Morgan fingerprint density at radius 1 is 1.11 bits per heavy atom. The van der Waals surface area contributed by atoms with Crippen molar-refractivity contribution in [3.05, 3.63) is 0 Å². The first-order valence-electron chi connectivity index (χ1n) is 6.84. The molecular weight excluding hydrogens is 252 g/mol. The summed E-state index contributed by atoms with van der Waals surface area (Å²) < 4.78 is 28.0. The molecule has 0 saturated carbocycles. The average Bonchev–Trinajstić information content (AvgIpc) is 2.79. The van der Waals surface area contributed by atoms with Crippen LogP contribution in [-0.2, 0) is 10.2 Å². The van der Waals surface area contributed by atoms with Crippen LogP contribution >= 0.6 is 0 Å². The summed E-state index contributed by atoms with van der Waals surface area (Å²) in [7, 11) is -3.30. The van der Waals surface area contributed by atoms with Crippen molar-refractivity contribution < 1.29 is 13.5 Å². The number of rotatable bonds is 3. The Bertz CT molecular complexity index is 375. The van der Waals surface area contributed by atoms with Crippen LogP contribution in [0.5, 0.6) is 0 Å². The quantitative estimate of drug-likeness (QED) is 0.824. The third-order valence-electron chi connectivity index (χ3n) is 4.26. The third-order valence-corrected chi connectivity index (χ3v) is 6.27. The first-order chi connectivity index (χ1) is 8.41. The SMILES string of the molecule is CC1CCN(S(=O)(=O)N2CCC(C(C)O)C2)CC1. The highest BCUT2D eigenvalue weighted by Crippen LogP contribution is 2.26. The van der Waals surface area contributed by atoms with Crippen molar-refractivity contribution in [1.82, 2.24) is 8.61 Å². The van der Waals surface area contributed by atoms with Gasteiger partial charge in [0.1, 0.15) is 0 Å². The zero-order valence-corrected chi connectivity index (χ0v) is 12.1. The summed E-state index contributed by atoms with van der Waals surface area (Å²) >= 11 is 0. The minimum Gasteiger partial charge on any atom is -0.393 e. The zero-order valence-electron chi connectivity index (χ0n) is 11.2. The van der Waals surface area contributed by atoms with E-state index in [2.05, 4.69) is 6.92 Å². The maximum Gasteiger partial charge on any atom is 0.281 e. The topological polar surface area (TPSA) is 60.9 Å². The van der Waals surface area contributed by atoms with Crippen molar-refractivity contribution in [2.75, 3.05) is 26.2 Å². The van der Waals surface area contributed by atoms with Crippen molar-refractivity contribution in [3.8, 4) is 0 Å². The molecule has 0 aromatic rings. The second kappa shape index (κ2) is 5.45. The molecule has 2 aliphatic rings. The Hall–Kier alpha value is -0.170. The van der Waals surface area contributed by atoms with E-state index in [1.54, 1.807) is 15.5 Å². The van der Waals surface area contributed by atoms with Crippen LogP contribution in [0.1, 0.15) is 33.1 Å². The van der Waals surface area contributed by atoms with Crippen molar-refractivity contribution >= 4 is 10.2 Å². The van der Waals surface area contributed by atoms with E-state index in [4.69, 9.17) is 0 Å². The molecule has 2 unspecified atom stereocenters. The van der Waals surface area contributed by atoms with Crippen LogP contribution in [0.15, 0.2) is 0 Å². The Balaban J connectivity index is 1.99. The lowest BCUT2D eigenvalue weighted by molar-refractivity contribution is 0.132. The molecule has 106 valence electrons. The second-order valence-corrected chi connectivity index (χ2v) is 7.67. The highest BCUT2D eigenvalue weighted by molar-refractivity contribution is 7.86. The summed E-state index contributed by atoms with van der Waals surface area (Å²) in [6.45, 7) is 6.20. The molecule has 2 saturated heterocycles. The molecule has 1 N–H and O–H groups in total. The molecule has 2 fully saturated rings. The highest BCUT2D eigenvalue weighted by atomic mass is 32.2. The molecule has 0 spiro atoms. The normalized spacial score (nSPS) is 30.7. The molecule has 18 heavy (non-hydrogen) atoms. The Kier molecular flexibility index (Phi) is 4.31. The standard InChI is InChI=1S/C12H24N2O3S/c1-10-3-6-13(7-4-10)18(16,17)14-8-5-12(9-14)11(2)15/h10-12,15H,3-9H2,1-2H3. The van der Waals surface area contributed by atoms with E-state index in [1.807, 2.05) is 0 Å². The molecule has 0 amide bonds. The number of aliphatic hydroxyl groups is 1. The molecule has 0 aromatic carbocycles. The molecule has 6 heteroatoms. The van der Waals surface area contributed by atoms with Crippen LogP contribution in [0.4, 0.5) is 0 Å². The fraction of sp³-hybridized carbons (Fsp3) is 1.00. The second-order valence-electron chi connectivity index (χ2n) is 5.74. The van der Waals surface area contributed by atoms with Crippen molar-refractivity contribution in [1.29, 1.82) is 0 Å². The maximum atomic E-state index is 12.4. The highest BCUT2D eigenvalue weighted by Gasteiger charge is 2.37. The minimum absolute atomic E-state index is 0.0866. The number of piperidine rings is 1. The van der Waals surface area contributed by atoms with Crippen LogP contribution in [0.25, 0.3) is 0 Å². The van der Waals surface area contributed by atoms with Gasteiger partial charge in [-0.3, -0.25) is 0 Å². The van der Waals surface area contributed by atoms with E-state index < -0.39 is 16.3 Å². The molecule has 2 aliphatic heterocycles. The minimum atomic E-state index is -3.30. The van der Waals surface area contributed by atoms with Gasteiger partial charge in [-0.15, -0.1) is 0 Å². The predicted molar refractivity (Wildman–Crippen MR) is 70.3 cm³/mol. The van der Waals surface area contributed by atoms with E-state index in [0.29, 0.717) is 32.1 Å². The fourth-order valence-corrected chi connectivity index (χ4v) is 4.45. The van der Waals surface area contributed by atoms with Crippen LogP contribution in [0.2, 0.25) is 0 Å². The van der Waals surface area contributed by atoms with Gasteiger partial charge in [0.25, 0.3) is 10.2 Å². The molecule has 2 atom stereocenters. The van der Waals surface area contributed by atoms with E-state index in [0.717, 1.165) is 19.3 Å². The average molecular weight is 276 g/mol. The molecular formula is C12H24N2O3S. The molecule has 0 bridgehead atoms. The van der Waals surface area contributed by atoms with E-state index >= 15 is 0 Å². The third kappa shape index (κ3) is 2.87. The summed E-state index contributed by atoms with van der Waals surface area (Å²) in [5, 5.41) is 9.55. The van der Waals surface area contributed by atoms with Gasteiger partial charge in [-0.05, 0) is 38.0 Å². The van der Waals surface area contributed by atoms with Gasteiger partial charge in [0.05, 0.1) is 6.10 Å². The molecule has 2 heterocycles. The lowest BCUT2D eigenvalue weighted by atomic mass is 10.0. The van der Waals surface area contributed by atoms with Crippen LogP contribution < -0.4 is 0 Å². The Labute approximate surface area is 110 Å². The van der Waals surface area contributed by atoms with Crippen LogP contribution in [0.3, 0.4) is 0 Å². The molecule has 2 rings (SSSR count). The van der Waals surface area contributed by atoms with Gasteiger partial charge in [-0.2, -0.15) is 17.0 Å². The zero-order chi connectivity index (χ0) is 13.3. The van der Waals surface area contributed by atoms with Crippen LogP contribution in [-0.4, -0.2) is 54.4 Å². The Morgan fingerprint density at radius 3 is 2.17 bits per heavy atom. The summed E-state index contributed by atoms with van der Waals surface area (Å²) in [5.41, 5.74) is 0. The van der Waals surface area contributed by atoms with Gasteiger partial charge in [0.2, 0.25) is 0 Å². The van der Waals surface area contributed by atoms with Gasteiger partial charge in [-0.1, -0.05) is 6.92 Å². The monoisotopic (exact) mass is 276 g/mol. The largest absolute Gasteiger partial charge is 0.393 e. The van der Waals surface area contributed by atoms with Crippen molar-refractivity contribution in [2.45, 2.75) is 39.2 Å². The number of nitrogens with zero attached hydrogens (tertiary/aromatic N) is 2. The van der Waals surface area contributed by atoms with E-state index in [9.17, 15) is 13.5 Å². The lowest BCUT2D eigenvalue weighted by Gasteiger charge is -2.32. The summed E-state index contributed by atoms with van der Waals surface area (Å²) in [4.78, 5) is 0. The van der Waals surface area contributed by atoms with E-state index in [1.165, 1.54) is 0 Å². The predicted octanol–water partition coefficient (Wildman–Crippen LogP) is 0.666. The molecule has 5 nitrogen and oxygen atoms in total. The lowest BCUT2D eigenvalue weighted by Crippen LogP contribution is -2.46. The first kappa shape index (κ1) is 14.2.